The number of hydrogen-bond donors (Lipinski definition) is 0. The molecule has 0 spiro atoms. The summed E-state index contributed by atoms with van der Waals surface area (Å²) in [5.74, 6) is 2.66. The molecule has 2 aromatic carbocycles. The Labute approximate surface area is 260 Å². The Morgan fingerprint density at radius 2 is 1.00 bits per heavy atom. The van der Waals surface area contributed by atoms with Crippen LogP contribution in [0.5, 0.6) is 11.5 Å². The fraction of sp³-hybridized carbons (Fsp3) is 0.412. The molecule has 10 nitrogen and oxygen atoms in total. The van der Waals surface area contributed by atoms with E-state index in [0.29, 0.717) is 62.7 Å². The van der Waals surface area contributed by atoms with Crippen LogP contribution in [0.25, 0.3) is 12.2 Å². The number of guanidine groups is 2. The van der Waals surface area contributed by atoms with Crippen molar-refractivity contribution in [2.24, 2.45) is 9.98 Å². The van der Waals surface area contributed by atoms with Crippen LogP contribution in [0.15, 0.2) is 69.9 Å². The normalized spacial score (nSPS) is 18.9. The molecule has 0 N–H and O–H groups in total. The second kappa shape index (κ2) is 14.2. The second-order valence-corrected chi connectivity index (χ2v) is 11.1. The van der Waals surface area contributed by atoms with Crippen molar-refractivity contribution in [1.29, 1.82) is 0 Å². The largest absolute Gasteiger partial charge is 0.494 e. The molecule has 44 heavy (non-hydrogen) atoms. The molecular weight excluding hydrogens is 556 g/mol. The van der Waals surface area contributed by atoms with Gasteiger partial charge in [0.15, 0.2) is 0 Å². The topological polar surface area (TPSA) is 90.3 Å². The van der Waals surface area contributed by atoms with E-state index in [1.807, 2.05) is 60.7 Å². The van der Waals surface area contributed by atoms with E-state index < -0.39 is 0 Å². The molecule has 0 saturated carbocycles. The number of aliphatic imine (C=N–C) groups is 2. The van der Waals surface area contributed by atoms with Crippen molar-refractivity contribution < 1.29 is 19.1 Å². The lowest BCUT2D eigenvalue weighted by atomic mass is 10.2. The van der Waals surface area contributed by atoms with Crippen molar-refractivity contribution in [3.63, 3.8) is 0 Å². The maximum atomic E-state index is 13.0. The van der Waals surface area contributed by atoms with Gasteiger partial charge in [-0.1, -0.05) is 51.0 Å². The number of ether oxygens (including phenoxy) is 2. The zero-order valence-electron chi connectivity index (χ0n) is 26.2. The van der Waals surface area contributed by atoms with Gasteiger partial charge in [0, 0.05) is 40.3 Å². The van der Waals surface area contributed by atoms with E-state index in [1.165, 1.54) is 0 Å². The van der Waals surface area contributed by atoms with Crippen molar-refractivity contribution in [1.82, 2.24) is 19.6 Å². The number of benzene rings is 2. The smallest absolute Gasteiger partial charge is 0.279 e. The Hall–Kier alpha value is -4.60. The Bertz CT molecular complexity index is 1340. The van der Waals surface area contributed by atoms with Crippen LogP contribution in [-0.2, 0) is 9.59 Å². The first-order valence-corrected chi connectivity index (χ1v) is 15.5. The molecule has 0 atom stereocenters. The molecule has 2 amide bonds. The molecule has 0 aromatic heterocycles. The Morgan fingerprint density at radius 3 is 1.34 bits per heavy atom. The van der Waals surface area contributed by atoms with E-state index in [0.717, 1.165) is 48.3 Å². The highest BCUT2D eigenvalue weighted by Crippen LogP contribution is 2.24. The lowest BCUT2D eigenvalue weighted by Crippen LogP contribution is -2.55. The van der Waals surface area contributed by atoms with Gasteiger partial charge < -0.3 is 19.3 Å². The van der Waals surface area contributed by atoms with Crippen molar-refractivity contribution in [3.8, 4) is 11.5 Å². The first kappa shape index (κ1) is 30.8. The number of piperazine rings is 1. The van der Waals surface area contributed by atoms with Crippen LogP contribution in [0, 0.1) is 0 Å². The summed E-state index contributed by atoms with van der Waals surface area (Å²) in [5.41, 5.74) is 2.61. The number of amides is 2. The maximum Gasteiger partial charge on any atom is 0.279 e. The van der Waals surface area contributed by atoms with E-state index in [2.05, 4.69) is 23.6 Å². The quantitative estimate of drug-likeness (QED) is 0.291. The Kier molecular flexibility index (Phi) is 9.99. The van der Waals surface area contributed by atoms with Crippen molar-refractivity contribution in [2.75, 3.05) is 53.5 Å². The van der Waals surface area contributed by atoms with Crippen molar-refractivity contribution >= 4 is 35.9 Å². The molecule has 0 unspecified atom stereocenters. The summed E-state index contributed by atoms with van der Waals surface area (Å²) in [7, 11) is 3.51. The molecule has 1 saturated heterocycles. The Morgan fingerprint density at radius 1 is 0.636 bits per heavy atom. The Balaban J connectivity index is 1.21. The van der Waals surface area contributed by atoms with Crippen LogP contribution in [0.1, 0.15) is 50.7 Å². The number of unbranched alkanes of at least 4 members (excludes halogenated alkanes) is 2. The second-order valence-electron chi connectivity index (χ2n) is 11.1. The number of hydrogen-bond acceptors (Lipinski definition) is 8. The van der Waals surface area contributed by atoms with E-state index in [-0.39, 0.29) is 11.8 Å². The van der Waals surface area contributed by atoms with Crippen LogP contribution >= 0.6 is 0 Å². The summed E-state index contributed by atoms with van der Waals surface area (Å²) in [4.78, 5) is 42.9. The molecule has 3 heterocycles. The van der Waals surface area contributed by atoms with Gasteiger partial charge in [-0.05, 0) is 60.4 Å². The van der Waals surface area contributed by atoms with Gasteiger partial charge >= 0.3 is 0 Å². The number of carbonyl (C=O) groups is 2. The zero-order valence-corrected chi connectivity index (χ0v) is 26.2. The lowest BCUT2D eigenvalue weighted by molar-refractivity contribution is -0.123. The summed E-state index contributed by atoms with van der Waals surface area (Å²) in [6, 6.07) is 15.4. The van der Waals surface area contributed by atoms with Gasteiger partial charge in [-0.15, -0.1) is 0 Å². The summed E-state index contributed by atoms with van der Waals surface area (Å²) in [5, 5.41) is 0. The number of likely N-dealkylation sites (N-methyl/N-ethyl adjacent to an activating group) is 2. The van der Waals surface area contributed by atoms with Gasteiger partial charge in [-0.2, -0.15) is 0 Å². The predicted octanol–water partition coefficient (Wildman–Crippen LogP) is 4.70. The van der Waals surface area contributed by atoms with Crippen LogP contribution in [0.2, 0.25) is 0 Å². The summed E-state index contributed by atoms with van der Waals surface area (Å²) < 4.78 is 11.5. The van der Waals surface area contributed by atoms with E-state index in [4.69, 9.17) is 19.5 Å². The predicted molar refractivity (Wildman–Crippen MR) is 173 cm³/mol. The molecule has 0 radical (unpaired) electrons. The standard InChI is InChI=1S/C34H42N6O4/c1-5-7-21-43-27-13-9-25(10-14-27)23-29-31(41)37(3)33(35-29)39-17-19-40(20-18-39)34-36-30(32(42)38(34)4)24-26-11-15-28(16-12-26)44-22-8-6-2/h9-16,23-24H,5-8,17-22H2,1-4H3/b29-23-,30-24-. The van der Waals surface area contributed by atoms with Gasteiger partial charge in [0.1, 0.15) is 22.9 Å². The number of nitrogens with zero attached hydrogens (tertiary/aromatic N) is 6. The van der Waals surface area contributed by atoms with Crippen molar-refractivity contribution in [2.45, 2.75) is 39.5 Å². The minimum atomic E-state index is -0.133. The van der Waals surface area contributed by atoms with Gasteiger partial charge in [0.05, 0.1) is 13.2 Å². The minimum absolute atomic E-state index is 0.133. The first-order chi connectivity index (χ1) is 21.4. The van der Waals surface area contributed by atoms with Crippen LogP contribution in [-0.4, -0.2) is 96.8 Å². The SMILES string of the molecule is CCCCOc1ccc(/C=C2\N=C(N3CCN(C4=N/C(=C\c5ccc(OCCCC)cc5)C(=O)N4C)CC3)N(C)C2=O)cc1. The molecule has 0 bridgehead atoms. The van der Waals surface area contributed by atoms with Crippen LogP contribution < -0.4 is 9.47 Å². The summed E-state index contributed by atoms with van der Waals surface area (Å²) >= 11 is 0. The third-order valence-electron chi connectivity index (χ3n) is 7.83. The first-order valence-electron chi connectivity index (χ1n) is 15.5. The summed E-state index contributed by atoms with van der Waals surface area (Å²) in [6.45, 7) is 8.25. The molecule has 232 valence electrons. The van der Waals surface area contributed by atoms with Crippen molar-refractivity contribution in [3.05, 3.63) is 71.1 Å². The average Bonchev–Trinajstić information content (AvgIpc) is 3.48. The van der Waals surface area contributed by atoms with Gasteiger partial charge in [0.2, 0.25) is 11.9 Å². The third-order valence-corrected chi connectivity index (χ3v) is 7.83. The van der Waals surface area contributed by atoms with Gasteiger partial charge in [-0.25, -0.2) is 9.98 Å². The molecule has 0 aliphatic carbocycles. The fourth-order valence-corrected chi connectivity index (χ4v) is 5.15. The lowest BCUT2D eigenvalue weighted by Gasteiger charge is -2.38. The number of rotatable bonds is 10. The van der Waals surface area contributed by atoms with Gasteiger partial charge in [0.25, 0.3) is 11.8 Å². The van der Waals surface area contributed by atoms with E-state index >= 15 is 0 Å². The van der Waals surface area contributed by atoms with Gasteiger partial charge in [-0.3, -0.25) is 19.4 Å². The monoisotopic (exact) mass is 598 g/mol. The highest BCUT2D eigenvalue weighted by atomic mass is 16.5. The fourth-order valence-electron chi connectivity index (χ4n) is 5.15. The molecule has 1 fully saturated rings. The third kappa shape index (κ3) is 7.12. The molecule has 2 aromatic rings. The minimum Gasteiger partial charge on any atom is -0.494 e. The molecule has 3 aliphatic heterocycles. The molecule has 5 rings (SSSR count). The number of carbonyl (C=O) groups excluding carboxylic acids is 2. The van der Waals surface area contributed by atoms with E-state index in [1.54, 1.807) is 23.9 Å². The van der Waals surface area contributed by atoms with Crippen LogP contribution in [0.3, 0.4) is 0 Å². The average molecular weight is 599 g/mol. The zero-order chi connectivity index (χ0) is 31.1. The highest BCUT2D eigenvalue weighted by molar-refractivity contribution is 6.14. The highest BCUT2D eigenvalue weighted by Gasteiger charge is 2.36. The summed E-state index contributed by atoms with van der Waals surface area (Å²) in [6.07, 6.45) is 7.84. The molecular formula is C34H42N6O4. The maximum absolute atomic E-state index is 13.0. The molecule has 10 heteroatoms. The van der Waals surface area contributed by atoms with Crippen LogP contribution in [0.4, 0.5) is 0 Å². The molecule has 3 aliphatic rings. The van der Waals surface area contributed by atoms with E-state index in [9.17, 15) is 9.59 Å².